The van der Waals surface area contributed by atoms with E-state index in [0.717, 1.165) is 11.3 Å². The van der Waals surface area contributed by atoms with E-state index in [1.54, 1.807) is 19.2 Å². The minimum atomic E-state index is -0.605. The summed E-state index contributed by atoms with van der Waals surface area (Å²) < 4.78 is 10.8. The highest BCUT2D eigenvalue weighted by Crippen LogP contribution is 2.24. The average Bonchev–Trinajstić information content (AvgIpc) is 2.60. The first-order valence-electron chi connectivity index (χ1n) is 7.91. The van der Waals surface area contributed by atoms with E-state index in [-0.39, 0.29) is 12.6 Å². The first kappa shape index (κ1) is 18.6. The molecule has 2 rings (SSSR count). The monoisotopic (exact) mass is 349 g/mol. The van der Waals surface area contributed by atoms with Crippen LogP contribution in [0.15, 0.2) is 48.5 Å². The molecule has 0 amide bonds. The van der Waals surface area contributed by atoms with E-state index in [4.69, 9.17) is 21.1 Å². The summed E-state index contributed by atoms with van der Waals surface area (Å²) in [6, 6.07) is 15.4. The molecule has 1 N–H and O–H groups in total. The molecule has 2 aromatic carbocycles. The molecule has 5 heteroatoms. The van der Waals surface area contributed by atoms with Gasteiger partial charge in [0.25, 0.3) is 0 Å². The number of para-hydroxylation sites is 1. The largest absolute Gasteiger partial charge is 0.497 e. The number of aliphatic hydroxyl groups excluding tert-OH is 1. The minimum Gasteiger partial charge on any atom is -0.497 e. The molecule has 0 spiro atoms. The molecule has 0 radical (unpaired) electrons. The van der Waals surface area contributed by atoms with Crippen molar-refractivity contribution in [2.75, 3.05) is 27.3 Å². The molecule has 0 heterocycles. The molecule has 0 aliphatic heterocycles. The number of hydrogen-bond acceptors (Lipinski definition) is 4. The minimum absolute atomic E-state index is 0.172. The van der Waals surface area contributed by atoms with Gasteiger partial charge in [0, 0.05) is 12.6 Å². The molecule has 24 heavy (non-hydrogen) atoms. The second-order valence-electron chi connectivity index (χ2n) is 5.78. The van der Waals surface area contributed by atoms with Gasteiger partial charge < -0.3 is 14.6 Å². The topological polar surface area (TPSA) is 41.9 Å². The van der Waals surface area contributed by atoms with Gasteiger partial charge in [0.1, 0.15) is 24.2 Å². The van der Waals surface area contributed by atoms with Crippen LogP contribution in [0.25, 0.3) is 0 Å². The maximum absolute atomic E-state index is 10.2. The third-order valence-corrected chi connectivity index (χ3v) is 4.34. The molecule has 2 aromatic rings. The molecule has 0 saturated carbocycles. The molecular formula is C19H24ClNO3. The van der Waals surface area contributed by atoms with Crippen molar-refractivity contribution in [2.24, 2.45) is 0 Å². The summed E-state index contributed by atoms with van der Waals surface area (Å²) in [5.41, 5.74) is 1.16. The van der Waals surface area contributed by atoms with Crippen molar-refractivity contribution in [3.63, 3.8) is 0 Å². The molecule has 0 bridgehead atoms. The van der Waals surface area contributed by atoms with Gasteiger partial charge in [-0.15, -0.1) is 0 Å². The summed E-state index contributed by atoms with van der Waals surface area (Å²) in [5.74, 6) is 1.42. The molecule has 0 fully saturated rings. The second-order valence-corrected chi connectivity index (χ2v) is 6.19. The summed E-state index contributed by atoms with van der Waals surface area (Å²) in [5, 5.41) is 10.8. The predicted molar refractivity (Wildman–Crippen MR) is 97.0 cm³/mol. The zero-order valence-electron chi connectivity index (χ0n) is 14.3. The van der Waals surface area contributed by atoms with Crippen LogP contribution in [-0.2, 0) is 0 Å². The third-order valence-electron chi connectivity index (χ3n) is 4.03. The van der Waals surface area contributed by atoms with Crippen molar-refractivity contribution in [3.05, 3.63) is 59.1 Å². The normalized spacial score (nSPS) is 13.6. The van der Waals surface area contributed by atoms with E-state index >= 15 is 0 Å². The van der Waals surface area contributed by atoms with Gasteiger partial charge in [-0.3, -0.25) is 4.90 Å². The highest BCUT2D eigenvalue weighted by Gasteiger charge is 2.16. The van der Waals surface area contributed by atoms with Crippen LogP contribution in [0.2, 0.25) is 5.02 Å². The van der Waals surface area contributed by atoms with Gasteiger partial charge in [-0.1, -0.05) is 35.9 Å². The maximum Gasteiger partial charge on any atom is 0.138 e. The molecule has 0 aliphatic carbocycles. The molecule has 0 aliphatic rings. The Bertz CT molecular complexity index is 633. The summed E-state index contributed by atoms with van der Waals surface area (Å²) in [7, 11) is 3.63. The lowest BCUT2D eigenvalue weighted by molar-refractivity contribution is 0.0654. The van der Waals surface area contributed by atoms with Crippen LogP contribution < -0.4 is 9.47 Å². The highest BCUT2D eigenvalue weighted by atomic mass is 35.5. The van der Waals surface area contributed by atoms with E-state index in [9.17, 15) is 5.11 Å². The Labute approximate surface area is 148 Å². The summed E-state index contributed by atoms with van der Waals surface area (Å²) in [4.78, 5) is 2.09. The molecule has 4 nitrogen and oxygen atoms in total. The standard InChI is InChI=1S/C19H24ClNO3/c1-14(15-8-10-17(23-3)11-9-15)21(2)12-16(22)13-24-19-7-5-4-6-18(19)20/h4-11,14,16,22H,12-13H2,1-3H3. The fraction of sp³-hybridized carbons (Fsp3) is 0.368. The first-order chi connectivity index (χ1) is 11.5. The number of benzene rings is 2. The number of aliphatic hydroxyl groups is 1. The zero-order valence-corrected chi connectivity index (χ0v) is 15.0. The van der Waals surface area contributed by atoms with E-state index in [0.29, 0.717) is 17.3 Å². The molecule has 2 atom stereocenters. The molecule has 0 aromatic heterocycles. The number of methoxy groups -OCH3 is 1. The lowest BCUT2D eigenvalue weighted by Crippen LogP contribution is -2.34. The van der Waals surface area contributed by atoms with Crippen LogP contribution >= 0.6 is 11.6 Å². The number of likely N-dealkylation sites (N-methyl/N-ethyl adjacent to an activating group) is 1. The Morgan fingerprint density at radius 2 is 1.79 bits per heavy atom. The van der Waals surface area contributed by atoms with Crippen LogP contribution in [0.5, 0.6) is 11.5 Å². The summed E-state index contributed by atoms with van der Waals surface area (Å²) in [6.07, 6.45) is -0.605. The van der Waals surface area contributed by atoms with Crippen LogP contribution in [0, 0.1) is 0 Å². The summed E-state index contributed by atoms with van der Waals surface area (Å²) in [6.45, 7) is 2.80. The van der Waals surface area contributed by atoms with Gasteiger partial charge in [0.15, 0.2) is 0 Å². The second kappa shape index (κ2) is 8.92. The van der Waals surface area contributed by atoms with Crippen molar-refractivity contribution < 1.29 is 14.6 Å². The van der Waals surface area contributed by atoms with Gasteiger partial charge >= 0.3 is 0 Å². The Balaban J connectivity index is 1.85. The fourth-order valence-corrected chi connectivity index (χ4v) is 2.62. The SMILES string of the molecule is COc1ccc(C(C)N(C)CC(O)COc2ccccc2Cl)cc1. The Kier molecular flexibility index (Phi) is 6.91. The maximum atomic E-state index is 10.2. The van der Waals surface area contributed by atoms with Crippen LogP contribution in [0.1, 0.15) is 18.5 Å². The molecule has 130 valence electrons. The quantitative estimate of drug-likeness (QED) is 0.787. The number of hydrogen-bond donors (Lipinski definition) is 1. The lowest BCUT2D eigenvalue weighted by atomic mass is 10.1. The van der Waals surface area contributed by atoms with E-state index in [2.05, 4.69) is 11.8 Å². The number of ether oxygens (including phenoxy) is 2. The van der Waals surface area contributed by atoms with Crippen molar-refractivity contribution in [1.29, 1.82) is 0 Å². The number of nitrogens with zero attached hydrogens (tertiary/aromatic N) is 1. The smallest absolute Gasteiger partial charge is 0.138 e. The van der Waals surface area contributed by atoms with Crippen LogP contribution in [0.4, 0.5) is 0 Å². The Morgan fingerprint density at radius 3 is 2.42 bits per heavy atom. The van der Waals surface area contributed by atoms with Crippen LogP contribution in [0.3, 0.4) is 0 Å². The van der Waals surface area contributed by atoms with E-state index < -0.39 is 6.10 Å². The molecular weight excluding hydrogens is 326 g/mol. The number of halogens is 1. The predicted octanol–water partition coefficient (Wildman–Crippen LogP) is 3.78. The molecule has 2 unspecified atom stereocenters. The zero-order chi connectivity index (χ0) is 17.5. The van der Waals surface area contributed by atoms with Gasteiger partial charge in [-0.05, 0) is 43.8 Å². The average molecular weight is 350 g/mol. The Morgan fingerprint density at radius 1 is 1.12 bits per heavy atom. The number of rotatable bonds is 8. The van der Waals surface area contributed by atoms with Crippen molar-refractivity contribution in [2.45, 2.75) is 19.1 Å². The van der Waals surface area contributed by atoms with Gasteiger partial charge in [0.05, 0.1) is 12.1 Å². The highest BCUT2D eigenvalue weighted by molar-refractivity contribution is 6.32. The fourth-order valence-electron chi connectivity index (χ4n) is 2.43. The van der Waals surface area contributed by atoms with Gasteiger partial charge in [-0.2, -0.15) is 0 Å². The Hall–Kier alpha value is -1.75. The lowest BCUT2D eigenvalue weighted by Gasteiger charge is -2.27. The van der Waals surface area contributed by atoms with Crippen molar-refractivity contribution in [1.82, 2.24) is 4.90 Å². The van der Waals surface area contributed by atoms with Crippen molar-refractivity contribution in [3.8, 4) is 11.5 Å². The van der Waals surface area contributed by atoms with E-state index in [1.165, 1.54) is 0 Å². The van der Waals surface area contributed by atoms with Crippen LogP contribution in [-0.4, -0.2) is 43.4 Å². The summed E-state index contributed by atoms with van der Waals surface area (Å²) >= 11 is 6.04. The molecule has 0 saturated heterocycles. The van der Waals surface area contributed by atoms with Gasteiger partial charge in [0.2, 0.25) is 0 Å². The van der Waals surface area contributed by atoms with E-state index in [1.807, 2.05) is 43.4 Å². The first-order valence-corrected chi connectivity index (χ1v) is 8.28. The van der Waals surface area contributed by atoms with Crippen molar-refractivity contribution >= 4 is 11.6 Å². The third kappa shape index (κ3) is 5.13. The van der Waals surface area contributed by atoms with Gasteiger partial charge in [-0.25, -0.2) is 0 Å².